The molecule has 15 heavy (non-hydrogen) atoms. The van der Waals surface area contributed by atoms with Crippen molar-refractivity contribution in [1.29, 1.82) is 0 Å². The molecule has 0 radical (unpaired) electrons. The van der Waals surface area contributed by atoms with Crippen molar-refractivity contribution in [3.8, 4) is 0 Å². The van der Waals surface area contributed by atoms with Crippen LogP contribution in [0.2, 0.25) is 0 Å². The van der Waals surface area contributed by atoms with E-state index in [1.807, 2.05) is 0 Å². The highest BCUT2D eigenvalue weighted by molar-refractivity contribution is 7.88. The van der Waals surface area contributed by atoms with Crippen molar-refractivity contribution in [2.24, 2.45) is 5.41 Å². The molecule has 5 heteroatoms. The second-order valence-corrected chi connectivity index (χ2v) is 7.12. The van der Waals surface area contributed by atoms with Gasteiger partial charge in [-0.15, -0.1) is 0 Å². The summed E-state index contributed by atoms with van der Waals surface area (Å²) < 4.78 is 24.9. The molecule has 2 aliphatic rings. The van der Waals surface area contributed by atoms with Crippen molar-refractivity contribution in [3.63, 3.8) is 0 Å². The molecule has 0 bridgehead atoms. The van der Waals surface area contributed by atoms with Gasteiger partial charge in [0.2, 0.25) is 10.0 Å². The van der Waals surface area contributed by atoms with E-state index in [1.54, 1.807) is 0 Å². The summed E-state index contributed by atoms with van der Waals surface area (Å²) in [6, 6.07) is 0.177. The smallest absolute Gasteiger partial charge is 0.208 e. The van der Waals surface area contributed by atoms with Crippen LogP contribution in [0.5, 0.6) is 0 Å². The van der Waals surface area contributed by atoms with Gasteiger partial charge in [-0.1, -0.05) is 0 Å². The summed E-state index contributed by atoms with van der Waals surface area (Å²) in [4.78, 5) is 2.34. The summed E-state index contributed by atoms with van der Waals surface area (Å²) >= 11 is 0. The van der Waals surface area contributed by atoms with Crippen LogP contribution in [0.25, 0.3) is 0 Å². The van der Waals surface area contributed by atoms with E-state index in [0.717, 1.165) is 12.8 Å². The molecule has 1 heterocycles. The Morgan fingerprint density at radius 1 is 1.27 bits per heavy atom. The third-order valence-electron chi connectivity index (χ3n) is 3.64. The van der Waals surface area contributed by atoms with E-state index in [9.17, 15) is 8.42 Å². The fraction of sp³-hybridized carbons (Fsp3) is 1.00. The summed E-state index contributed by atoms with van der Waals surface area (Å²) in [7, 11) is -0.876. The Hall–Kier alpha value is -0.130. The van der Waals surface area contributed by atoms with Gasteiger partial charge in [0.1, 0.15) is 0 Å². The largest absolute Gasteiger partial charge is 0.305 e. The van der Waals surface area contributed by atoms with E-state index in [2.05, 4.69) is 16.7 Å². The number of nitrogens with one attached hydrogen (secondary N) is 1. The molecule has 0 unspecified atom stereocenters. The van der Waals surface area contributed by atoms with Crippen LogP contribution in [-0.2, 0) is 10.0 Å². The van der Waals surface area contributed by atoms with Gasteiger partial charge in [0.15, 0.2) is 0 Å². The van der Waals surface area contributed by atoms with Crippen molar-refractivity contribution in [1.82, 2.24) is 9.62 Å². The predicted molar refractivity (Wildman–Crippen MR) is 60.2 cm³/mol. The zero-order chi connectivity index (χ0) is 11.1. The van der Waals surface area contributed by atoms with E-state index < -0.39 is 10.0 Å². The predicted octanol–water partition coefficient (Wildman–Crippen LogP) is 0.410. The van der Waals surface area contributed by atoms with Gasteiger partial charge in [0.25, 0.3) is 0 Å². The maximum Gasteiger partial charge on any atom is 0.208 e. The van der Waals surface area contributed by atoms with Crippen molar-refractivity contribution in [3.05, 3.63) is 0 Å². The Bertz CT molecular complexity index is 323. The summed E-state index contributed by atoms with van der Waals surface area (Å²) in [6.07, 6.45) is 5.59. The van der Waals surface area contributed by atoms with Crippen molar-refractivity contribution >= 4 is 10.0 Å². The zero-order valence-electron chi connectivity index (χ0n) is 9.49. The van der Waals surface area contributed by atoms with Gasteiger partial charge in [-0.25, -0.2) is 13.1 Å². The van der Waals surface area contributed by atoms with E-state index in [-0.39, 0.29) is 6.04 Å². The molecule has 0 aromatic heterocycles. The van der Waals surface area contributed by atoms with Crippen LogP contribution >= 0.6 is 0 Å². The van der Waals surface area contributed by atoms with Crippen LogP contribution in [0, 0.1) is 5.41 Å². The molecule has 0 atom stereocenters. The number of hydrogen-bond acceptors (Lipinski definition) is 3. The van der Waals surface area contributed by atoms with Gasteiger partial charge in [-0.05, 0) is 38.1 Å². The molecule has 0 amide bonds. The molecular weight excluding hydrogens is 212 g/mol. The van der Waals surface area contributed by atoms with Crippen LogP contribution < -0.4 is 4.72 Å². The average molecular weight is 232 g/mol. The first-order chi connectivity index (χ1) is 6.89. The zero-order valence-corrected chi connectivity index (χ0v) is 10.3. The number of rotatable bonds is 2. The maximum atomic E-state index is 11.1. The van der Waals surface area contributed by atoms with Gasteiger partial charge in [0.05, 0.1) is 6.26 Å². The molecule has 1 saturated carbocycles. The minimum Gasteiger partial charge on any atom is -0.305 e. The van der Waals surface area contributed by atoms with Crippen molar-refractivity contribution < 1.29 is 8.42 Å². The maximum absolute atomic E-state index is 11.1. The first-order valence-corrected chi connectivity index (χ1v) is 7.44. The highest BCUT2D eigenvalue weighted by atomic mass is 32.2. The second kappa shape index (κ2) is 3.71. The molecule has 1 saturated heterocycles. The Balaban J connectivity index is 1.83. The number of nitrogens with zero attached hydrogens (tertiary/aromatic N) is 1. The number of hydrogen-bond donors (Lipinski definition) is 1. The fourth-order valence-electron chi connectivity index (χ4n) is 3.07. The monoisotopic (exact) mass is 232 g/mol. The Labute approximate surface area is 92.1 Å². The molecule has 1 N–H and O–H groups in total. The quantitative estimate of drug-likeness (QED) is 0.750. The Kier molecular flexibility index (Phi) is 2.81. The Morgan fingerprint density at radius 2 is 1.80 bits per heavy atom. The first kappa shape index (κ1) is 11.4. The van der Waals surface area contributed by atoms with Gasteiger partial charge < -0.3 is 4.90 Å². The third kappa shape index (κ3) is 2.71. The van der Waals surface area contributed by atoms with Crippen LogP contribution in [-0.4, -0.2) is 45.8 Å². The van der Waals surface area contributed by atoms with Gasteiger partial charge in [0, 0.05) is 19.1 Å². The Morgan fingerprint density at radius 3 is 2.20 bits per heavy atom. The molecule has 1 aliphatic heterocycles. The first-order valence-electron chi connectivity index (χ1n) is 5.54. The molecular formula is C10H20N2O2S. The van der Waals surface area contributed by atoms with Crippen molar-refractivity contribution in [2.75, 3.05) is 26.4 Å². The molecule has 2 rings (SSSR count). The number of sulfonamides is 1. The normalized spacial score (nSPS) is 27.9. The summed E-state index contributed by atoms with van der Waals surface area (Å²) in [5, 5.41) is 0. The molecule has 88 valence electrons. The van der Waals surface area contributed by atoms with E-state index in [1.165, 1.54) is 32.2 Å². The SMILES string of the molecule is CN1CC2(CCC(NS(C)(=O)=O)CC2)C1. The topological polar surface area (TPSA) is 49.4 Å². The highest BCUT2D eigenvalue weighted by Crippen LogP contribution is 2.43. The van der Waals surface area contributed by atoms with Crippen LogP contribution in [0.4, 0.5) is 0 Å². The van der Waals surface area contributed by atoms with Crippen molar-refractivity contribution in [2.45, 2.75) is 31.7 Å². The molecule has 1 aliphatic carbocycles. The minimum atomic E-state index is -3.02. The second-order valence-electron chi connectivity index (χ2n) is 5.34. The fourth-order valence-corrected chi connectivity index (χ4v) is 3.91. The molecule has 0 aromatic carbocycles. The van der Waals surface area contributed by atoms with Crippen LogP contribution in [0.3, 0.4) is 0 Å². The molecule has 0 aromatic rings. The highest BCUT2D eigenvalue weighted by Gasteiger charge is 2.43. The standard InChI is InChI=1S/C10H20N2O2S/c1-12-7-10(8-12)5-3-9(4-6-10)11-15(2,13)14/h9,11H,3-8H2,1-2H3. The van der Waals surface area contributed by atoms with E-state index in [0.29, 0.717) is 5.41 Å². The van der Waals surface area contributed by atoms with E-state index in [4.69, 9.17) is 0 Å². The molecule has 4 nitrogen and oxygen atoms in total. The summed E-state index contributed by atoms with van der Waals surface area (Å²) in [6.45, 7) is 2.39. The number of likely N-dealkylation sites (tertiary alicyclic amines) is 1. The lowest BCUT2D eigenvalue weighted by Gasteiger charge is -2.52. The van der Waals surface area contributed by atoms with Gasteiger partial charge in [-0.2, -0.15) is 0 Å². The molecule has 1 spiro atoms. The van der Waals surface area contributed by atoms with E-state index >= 15 is 0 Å². The lowest BCUT2D eigenvalue weighted by molar-refractivity contribution is -0.0143. The van der Waals surface area contributed by atoms with Gasteiger partial charge >= 0.3 is 0 Å². The lowest BCUT2D eigenvalue weighted by atomic mass is 9.68. The minimum absolute atomic E-state index is 0.177. The van der Waals surface area contributed by atoms with Crippen LogP contribution in [0.1, 0.15) is 25.7 Å². The summed E-state index contributed by atoms with van der Waals surface area (Å²) in [5.74, 6) is 0. The van der Waals surface area contributed by atoms with Gasteiger partial charge in [-0.3, -0.25) is 0 Å². The average Bonchev–Trinajstić information content (AvgIpc) is 2.04. The lowest BCUT2D eigenvalue weighted by Crippen LogP contribution is -2.57. The summed E-state index contributed by atoms with van der Waals surface area (Å²) in [5.41, 5.74) is 0.518. The molecule has 2 fully saturated rings. The van der Waals surface area contributed by atoms with Crippen LogP contribution in [0.15, 0.2) is 0 Å². The third-order valence-corrected chi connectivity index (χ3v) is 4.40.